The van der Waals surface area contributed by atoms with Crippen molar-refractivity contribution in [1.82, 2.24) is 20.2 Å². The molecule has 2 aromatic heterocycles. The van der Waals surface area contributed by atoms with Crippen LogP contribution in [0.2, 0.25) is 4.34 Å². The molecule has 17 heteroatoms. The summed E-state index contributed by atoms with van der Waals surface area (Å²) in [5.41, 5.74) is 5.87. The minimum atomic E-state index is -1.24. The number of oxime groups is 1. The van der Waals surface area contributed by atoms with Crippen molar-refractivity contribution in [2.75, 3.05) is 44.9 Å². The number of carboxylic acid groups (broad SMARTS) is 1. The first kappa shape index (κ1) is 30.5. The molecule has 1 saturated heterocycles. The van der Waals surface area contributed by atoms with E-state index in [1.807, 2.05) is 6.07 Å². The Hall–Kier alpha value is -2.50. The van der Waals surface area contributed by atoms with Gasteiger partial charge in [-0.25, -0.2) is 9.78 Å². The van der Waals surface area contributed by atoms with E-state index in [2.05, 4.69) is 41.6 Å². The van der Waals surface area contributed by atoms with E-state index in [0.29, 0.717) is 10.7 Å². The number of amides is 2. The maximum atomic E-state index is 13.1. The van der Waals surface area contributed by atoms with E-state index in [1.54, 1.807) is 24.2 Å². The summed E-state index contributed by atoms with van der Waals surface area (Å²) in [6, 6.07) is 0.815. The largest absolute Gasteiger partial charge is 0.477 e. The number of thioether (sulfide) groups is 3. The van der Waals surface area contributed by atoms with Gasteiger partial charge in [0.2, 0.25) is 0 Å². The Labute approximate surface area is 252 Å². The van der Waals surface area contributed by atoms with Crippen LogP contribution >= 0.6 is 58.2 Å². The van der Waals surface area contributed by atoms with E-state index in [-0.39, 0.29) is 20.9 Å². The molecule has 2 aliphatic rings. The van der Waals surface area contributed by atoms with Gasteiger partial charge in [0.1, 0.15) is 27.1 Å². The molecule has 2 aliphatic heterocycles. The molecule has 0 saturated carbocycles. The predicted molar refractivity (Wildman–Crippen MR) is 159 cm³/mol. The van der Waals surface area contributed by atoms with Crippen LogP contribution in [0.4, 0.5) is 5.13 Å². The van der Waals surface area contributed by atoms with Crippen molar-refractivity contribution in [2.24, 2.45) is 5.16 Å². The molecule has 12 nitrogen and oxygen atoms in total. The molecule has 1 fully saturated rings. The van der Waals surface area contributed by atoms with Gasteiger partial charge in [-0.05, 0) is 11.6 Å². The first-order chi connectivity index (χ1) is 18.9. The van der Waals surface area contributed by atoms with Gasteiger partial charge in [-0.15, -0.1) is 11.8 Å². The number of β-lactam (4-membered cyclic amide) rings is 1. The number of hydrogen-bond acceptors (Lipinski definition) is 12. The number of carbonyl (C=O) groups excluding carboxylic acids is 2. The zero-order valence-corrected chi connectivity index (χ0v) is 25.7. The molecule has 40 heavy (non-hydrogen) atoms. The molecule has 2 atom stereocenters. The van der Waals surface area contributed by atoms with Gasteiger partial charge in [-0.2, -0.15) is 11.8 Å². The molecule has 0 bridgehead atoms. The highest BCUT2D eigenvalue weighted by molar-refractivity contribution is 8.06. The van der Waals surface area contributed by atoms with Gasteiger partial charge < -0.3 is 25.8 Å². The molecule has 4 heterocycles. The van der Waals surface area contributed by atoms with Gasteiger partial charge in [0.05, 0.1) is 27.7 Å². The number of nitrogens with two attached hydrogens (primary N) is 1. The number of fused-ring (bicyclic) bond motifs is 1. The van der Waals surface area contributed by atoms with Crippen molar-refractivity contribution in [2.45, 2.75) is 22.1 Å². The first-order valence-electron chi connectivity index (χ1n) is 11.8. The molecule has 4 rings (SSSR count). The highest BCUT2D eigenvalue weighted by atomic mass is 35.5. The zero-order chi connectivity index (χ0) is 29.2. The van der Waals surface area contributed by atoms with Gasteiger partial charge >= 0.3 is 5.97 Å². The Kier molecular flexibility index (Phi) is 9.57. The monoisotopic (exact) mass is 644 g/mol. The van der Waals surface area contributed by atoms with Gasteiger partial charge in [-0.3, -0.25) is 19.5 Å². The molecule has 0 spiro atoms. The number of halogens is 1. The first-order valence-corrected chi connectivity index (χ1v) is 16.0. The summed E-state index contributed by atoms with van der Waals surface area (Å²) in [5.74, 6) is -0.711. The van der Waals surface area contributed by atoms with Gasteiger partial charge in [0.15, 0.2) is 10.8 Å². The van der Waals surface area contributed by atoms with E-state index in [4.69, 9.17) is 17.3 Å². The number of quaternary nitrogens is 1. The standard InChI is InChI=1S/C23H26ClN7O5S4/c1-31(2,3)6-7-37-9-11-8-26-5-4-12(11)39-13-10-38-21-16(20(33)30(21)17(13)22(34)35)27-19(32)15(29-36)14-18(24)40-23(25)28-14/h4-5,8,16,21H,6-7,9-10H2,1-3H3,(H4-,25,27,28,32,34,35,36)/p+1/t16-,21-/m1/s1. The Morgan fingerprint density at radius 3 is 2.75 bits per heavy atom. The number of thiazole rings is 1. The van der Waals surface area contributed by atoms with E-state index in [9.17, 15) is 24.7 Å². The van der Waals surface area contributed by atoms with Crippen molar-refractivity contribution in [1.29, 1.82) is 0 Å². The zero-order valence-electron chi connectivity index (χ0n) is 21.7. The minimum Gasteiger partial charge on any atom is -0.477 e. The number of rotatable bonds is 11. The van der Waals surface area contributed by atoms with Crippen molar-refractivity contribution < 1.29 is 29.2 Å². The van der Waals surface area contributed by atoms with Gasteiger partial charge in [0, 0.05) is 39.5 Å². The molecule has 0 unspecified atom stereocenters. The van der Waals surface area contributed by atoms with Crippen LogP contribution in [0.5, 0.6) is 0 Å². The van der Waals surface area contributed by atoms with E-state index >= 15 is 0 Å². The smallest absolute Gasteiger partial charge is 0.353 e. The maximum absolute atomic E-state index is 13.1. The Morgan fingerprint density at radius 2 is 2.12 bits per heavy atom. The second-order valence-corrected chi connectivity index (χ2v) is 14.7. The fraction of sp³-hybridized carbons (Fsp3) is 0.391. The fourth-order valence-corrected chi connectivity index (χ4v) is 8.68. The van der Waals surface area contributed by atoms with Gasteiger partial charge in [-0.1, -0.05) is 39.9 Å². The average Bonchev–Trinajstić information content (AvgIpc) is 3.22. The van der Waals surface area contributed by atoms with E-state index in [1.165, 1.54) is 28.4 Å². The Balaban J connectivity index is 1.48. The summed E-state index contributed by atoms with van der Waals surface area (Å²) in [7, 11) is 6.41. The number of hydrogen-bond donors (Lipinski definition) is 4. The number of carbonyl (C=O) groups is 3. The summed E-state index contributed by atoms with van der Waals surface area (Å²) in [4.78, 5) is 49.0. The summed E-state index contributed by atoms with van der Waals surface area (Å²) in [6.45, 7) is 1.01. The average molecular weight is 645 g/mol. The summed E-state index contributed by atoms with van der Waals surface area (Å²) >= 11 is 11.4. The molecular formula is C23H27ClN7O5S4+. The molecule has 214 valence electrons. The lowest BCUT2D eigenvalue weighted by molar-refractivity contribution is -0.867. The van der Waals surface area contributed by atoms with Crippen LogP contribution in [0.1, 0.15) is 11.3 Å². The predicted octanol–water partition coefficient (Wildman–Crippen LogP) is 2.38. The lowest BCUT2D eigenvalue weighted by atomic mass is 10.0. The minimum absolute atomic E-state index is 0.0501. The van der Waals surface area contributed by atoms with E-state index in [0.717, 1.165) is 44.3 Å². The Morgan fingerprint density at radius 1 is 1.38 bits per heavy atom. The topological polar surface area (TPSA) is 171 Å². The molecule has 0 radical (unpaired) electrons. The summed E-state index contributed by atoms with van der Waals surface area (Å²) in [5, 5.41) is 24.4. The van der Waals surface area contributed by atoms with Gasteiger partial charge in [0.25, 0.3) is 11.8 Å². The number of nitrogens with one attached hydrogen (secondary N) is 1. The lowest BCUT2D eigenvalue weighted by Crippen LogP contribution is -2.71. The van der Waals surface area contributed by atoms with Crippen molar-refractivity contribution in [3.8, 4) is 0 Å². The van der Waals surface area contributed by atoms with Crippen LogP contribution in [-0.4, -0.2) is 104 Å². The molecule has 2 aromatic rings. The quantitative estimate of drug-likeness (QED) is 0.0707. The van der Waals surface area contributed by atoms with Crippen LogP contribution in [0.15, 0.2) is 39.1 Å². The Bertz CT molecular complexity index is 1390. The number of nitrogens with zero attached hydrogens (tertiary/aromatic N) is 5. The van der Waals surface area contributed by atoms with Crippen molar-refractivity contribution in [3.63, 3.8) is 0 Å². The molecule has 0 aromatic carbocycles. The number of carboxylic acids is 1. The van der Waals surface area contributed by atoms with Crippen LogP contribution in [-0.2, 0) is 20.1 Å². The SMILES string of the molecule is C[N+](C)(C)CCSCc1cnccc1SC1=C(C(=O)O)N2C(=O)[C@@H](NC(=O)/C(=N\O)c3nc(N)sc3Cl)[C@H]2SC1. The van der Waals surface area contributed by atoms with Crippen LogP contribution in [0.3, 0.4) is 0 Å². The van der Waals surface area contributed by atoms with Crippen molar-refractivity contribution in [3.05, 3.63) is 44.7 Å². The number of aliphatic carboxylic acids is 1. The third kappa shape index (κ3) is 6.69. The lowest BCUT2D eigenvalue weighted by Gasteiger charge is -2.49. The maximum Gasteiger partial charge on any atom is 0.353 e. The third-order valence-corrected chi connectivity index (χ3v) is 10.6. The second kappa shape index (κ2) is 12.6. The number of anilines is 1. The molecular weight excluding hydrogens is 618 g/mol. The summed E-state index contributed by atoms with van der Waals surface area (Å²) in [6.07, 6.45) is 3.44. The highest BCUT2D eigenvalue weighted by Gasteiger charge is 2.54. The van der Waals surface area contributed by atoms with E-state index < -0.39 is 34.9 Å². The van der Waals surface area contributed by atoms with Crippen LogP contribution in [0.25, 0.3) is 0 Å². The summed E-state index contributed by atoms with van der Waals surface area (Å²) < 4.78 is 0.913. The molecule has 2 amide bonds. The number of nitrogen functional groups attached to an aromatic ring is 1. The number of aromatic nitrogens is 2. The van der Waals surface area contributed by atoms with Crippen molar-refractivity contribution >= 4 is 86.9 Å². The van der Waals surface area contributed by atoms with Crippen LogP contribution < -0.4 is 11.1 Å². The molecule has 0 aliphatic carbocycles. The third-order valence-electron chi connectivity index (χ3n) is 5.82. The highest BCUT2D eigenvalue weighted by Crippen LogP contribution is 2.46. The molecule has 5 N–H and O–H groups in total. The normalized spacial score (nSPS) is 19.4. The fourth-order valence-electron chi connectivity index (χ4n) is 3.82. The van der Waals surface area contributed by atoms with Crippen LogP contribution in [0, 0.1) is 0 Å². The second-order valence-electron chi connectivity index (χ2n) is 9.71. The number of pyridine rings is 1.